The van der Waals surface area contributed by atoms with Crippen LogP contribution in [0.15, 0.2) is 29.1 Å². The van der Waals surface area contributed by atoms with Gasteiger partial charge in [-0.1, -0.05) is 12.1 Å². The van der Waals surface area contributed by atoms with E-state index in [0.717, 1.165) is 0 Å². The maximum atomic E-state index is 14.8. The van der Waals surface area contributed by atoms with Crippen LogP contribution in [0.3, 0.4) is 0 Å². The molecule has 134 valence electrons. The Kier molecular flexibility index (Phi) is 4.30. The largest absolute Gasteiger partial charge is 0.495 e. The minimum Gasteiger partial charge on any atom is -0.399 e. The molecule has 1 aromatic heterocycles. The lowest BCUT2D eigenvalue weighted by Gasteiger charge is -2.32. The molecule has 2 heterocycles. The van der Waals surface area contributed by atoms with Crippen LogP contribution in [0.4, 0.5) is 4.39 Å². The second-order valence-corrected chi connectivity index (χ2v) is 7.47. The highest BCUT2D eigenvalue weighted by Crippen LogP contribution is 2.37. The molecule has 0 unspecified atom stereocenters. The zero-order chi connectivity index (χ0) is 19.3. The van der Waals surface area contributed by atoms with Gasteiger partial charge in [-0.3, -0.25) is 4.79 Å². The number of hydrogen-bond donors (Lipinski definition) is 1. The van der Waals surface area contributed by atoms with E-state index in [2.05, 4.69) is 4.98 Å². The Morgan fingerprint density at radius 1 is 1.19 bits per heavy atom. The van der Waals surface area contributed by atoms with Gasteiger partial charge in [0.1, 0.15) is 17.4 Å². The van der Waals surface area contributed by atoms with E-state index in [0.29, 0.717) is 11.2 Å². The van der Waals surface area contributed by atoms with Crippen LogP contribution >= 0.6 is 0 Å². The van der Waals surface area contributed by atoms with Gasteiger partial charge in [0.15, 0.2) is 0 Å². The standard InChI is InChI=1S/C19H20BFN2O3/c1-11-9-12(13(10-22)17(24)23-11)16-14(7-6-8-15(16)21)20-25-18(2,3)19(4,5)26-20/h6-9H,1-5H3,(H,23,24). The van der Waals surface area contributed by atoms with Gasteiger partial charge in [-0.25, -0.2) is 4.39 Å². The topological polar surface area (TPSA) is 75.1 Å². The average Bonchev–Trinajstić information content (AvgIpc) is 2.74. The Hall–Kier alpha value is -2.43. The summed E-state index contributed by atoms with van der Waals surface area (Å²) < 4.78 is 26.9. The van der Waals surface area contributed by atoms with Crippen molar-refractivity contribution in [1.82, 2.24) is 4.98 Å². The van der Waals surface area contributed by atoms with Gasteiger partial charge in [0, 0.05) is 16.8 Å². The lowest BCUT2D eigenvalue weighted by atomic mass is 9.73. The van der Waals surface area contributed by atoms with Gasteiger partial charge in [0.05, 0.1) is 11.2 Å². The fraction of sp³-hybridized carbons (Fsp3) is 0.368. The number of aromatic nitrogens is 1. The molecular formula is C19H20BFN2O3. The molecule has 0 radical (unpaired) electrons. The molecule has 3 rings (SSSR count). The van der Waals surface area contributed by atoms with Crippen LogP contribution in [-0.2, 0) is 9.31 Å². The van der Waals surface area contributed by atoms with E-state index in [1.165, 1.54) is 6.07 Å². The highest BCUT2D eigenvalue weighted by atomic mass is 19.1. The summed E-state index contributed by atoms with van der Waals surface area (Å²) in [6.45, 7) is 9.31. The van der Waals surface area contributed by atoms with Gasteiger partial charge < -0.3 is 14.3 Å². The van der Waals surface area contributed by atoms with E-state index < -0.39 is 29.7 Å². The first-order chi connectivity index (χ1) is 12.1. The first-order valence-corrected chi connectivity index (χ1v) is 8.36. The molecule has 0 saturated carbocycles. The van der Waals surface area contributed by atoms with E-state index in [-0.39, 0.29) is 16.7 Å². The SMILES string of the molecule is Cc1cc(-c2c(F)cccc2B2OC(C)(C)C(C)(C)O2)c(C#N)c(=O)[nH]1. The van der Waals surface area contributed by atoms with Crippen LogP contribution in [-0.4, -0.2) is 23.3 Å². The number of H-pyrrole nitrogens is 1. The highest BCUT2D eigenvalue weighted by molar-refractivity contribution is 6.64. The quantitative estimate of drug-likeness (QED) is 0.842. The summed E-state index contributed by atoms with van der Waals surface area (Å²) in [6.07, 6.45) is 0. The number of aromatic amines is 1. The zero-order valence-corrected chi connectivity index (χ0v) is 15.4. The molecule has 0 aliphatic carbocycles. The highest BCUT2D eigenvalue weighted by Gasteiger charge is 2.52. The summed E-state index contributed by atoms with van der Waals surface area (Å²) in [5.41, 5.74) is -0.512. The molecule has 0 bridgehead atoms. The Morgan fingerprint density at radius 3 is 2.38 bits per heavy atom. The summed E-state index contributed by atoms with van der Waals surface area (Å²) in [6, 6.07) is 8.01. The molecule has 0 spiro atoms. The van der Waals surface area contributed by atoms with Crippen molar-refractivity contribution in [2.75, 3.05) is 0 Å². The van der Waals surface area contributed by atoms with Crippen molar-refractivity contribution in [1.29, 1.82) is 5.26 Å². The molecule has 0 atom stereocenters. The van der Waals surface area contributed by atoms with Gasteiger partial charge in [0.25, 0.3) is 5.56 Å². The Morgan fingerprint density at radius 2 is 1.81 bits per heavy atom. The molecule has 1 saturated heterocycles. The van der Waals surface area contributed by atoms with Crippen LogP contribution in [0, 0.1) is 24.1 Å². The first-order valence-electron chi connectivity index (χ1n) is 8.36. The van der Waals surface area contributed by atoms with Gasteiger partial charge >= 0.3 is 7.12 Å². The maximum absolute atomic E-state index is 14.8. The summed E-state index contributed by atoms with van der Waals surface area (Å²) in [4.78, 5) is 14.7. The number of halogens is 1. The minimum absolute atomic E-state index is 0.140. The number of hydrogen-bond acceptors (Lipinski definition) is 4. The predicted octanol–water partition coefficient (Wildman–Crippen LogP) is 2.66. The van der Waals surface area contributed by atoms with Crippen molar-refractivity contribution in [3.05, 3.63) is 51.7 Å². The third kappa shape index (κ3) is 2.85. The number of pyridine rings is 1. The summed E-state index contributed by atoms with van der Waals surface area (Å²) in [5.74, 6) is -0.543. The summed E-state index contributed by atoms with van der Waals surface area (Å²) in [7, 11) is -0.808. The van der Waals surface area contributed by atoms with E-state index >= 15 is 0 Å². The van der Waals surface area contributed by atoms with Crippen molar-refractivity contribution in [2.45, 2.75) is 45.8 Å². The average molecular weight is 354 g/mol. The summed E-state index contributed by atoms with van der Waals surface area (Å²) in [5, 5.41) is 9.41. The van der Waals surface area contributed by atoms with Crippen LogP contribution < -0.4 is 11.0 Å². The van der Waals surface area contributed by atoms with Crippen LogP contribution in [0.1, 0.15) is 39.0 Å². The second kappa shape index (κ2) is 6.08. The lowest BCUT2D eigenvalue weighted by molar-refractivity contribution is 0.00578. The van der Waals surface area contributed by atoms with E-state index in [4.69, 9.17) is 9.31 Å². The van der Waals surface area contributed by atoms with E-state index in [9.17, 15) is 14.4 Å². The molecule has 7 heteroatoms. The number of nitrogens with one attached hydrogen (secondary N) is 1. The zero-order valence-electron chi connectivity index (χ0n) is 15.4. The molecule has 5 nitrogen and oxygen atoms in total. The van der Waals surface area contributed by atoms with Gasteiger partial charge in [-0.2, -0.15) is 5.26 Å². The maximum Gasteiger partial charge on any atom is 0.495 e. The molecule has 1 aliphatic rings. The molecule has 1 N–H and O–H groups in total. The molecule has 1 aliphatic heterocycles. The third-order valence-corrected chi connectivity index (χ3v) is 5.10. The van der Waals surface area contributed by atoms with Crippen LogP contribution in [0.2, 0.25) is 0 Å². The molecule has 2 aromatic rings. The van der Waals surface area contributed by atoms with E-state index in [1.54, 1.807) is 25.1 Å². The number of nitrogens with zero attached hydrogens (tertiary/aromatic N) is 1. The normalized spacial score (nSPS) is 18.0. The van der Waals surface area contributed by atoms with Crippen LogP contribution in [0.5, 0.6) is 0 Å². The fourth-order valence-corrected chi connectivity index (χ4v) is 2.99. The smallest absolute Gasteiger partial charge is 0.399 e. The van der Waals surface area contributed by atoms with Gasteiger partial charge in [-0.05, 0) is 52.2 Å². The third-order valence-electron chi connectivity index (χ3n) is 5.10. The van der Waals surface area contributed by atoms with Crippen molar-refractivity contribution in [2.24, 2.45) is 0 Å². The number of aryl methyl sites for hydroxylation is 1. The summed E-state index contributed by atoms with van der Waals surface area (Å²) >= 11 is 0. The van der Waals surface area contributed by atoms with Crippen LogP contribution in [0.25, 0.3) is 11.1 Å². The molecule has 26 heavy (non-hydrogen) atoms. The fourth-order valence-electron chi connectivity index (χ4n) is 2.99. The lowest BCUT2D eigenvalue weighted by Crippen LogP contribution is -2.41. The van der Waals surface area contributed by atoms with Crippen molar-refractivity contribution >= 4 is 12.6 Å². The van der Waals surface area contributed by atoms with E-state index in [1.807, 2.05) is 33.8 Å². The van der Waals surface area contributed by atoms with Crippen molar-refractivity contribution < 1.29 is 13.7 Å². The first kappa shape index (κ1) is 18.4. The van der Waals surface area contributed by atoms with Gasteiger partial charge in [0.2, 0.25) is 0 Å². The monoisotopic (exact) mass is 354 g/mol. The Balaban J connectivity index is 2.24. The molecule has 1 aromatic carbocycles. The molecular weight excluding hydrogens is 334 g/mol. The number of nitriles is 1. The number of rotatable bonds is 2. The Bertz CT molecular complexity index is 960. The van der Waals surface area contributed by atoms with Gasteiger partial charge in [-0.15, -0.1) is 0 Å². The minimum atomic E-state index is -0.808. The number of benzene rings is 1. The Labute approximate surface area is 151 Å². The molecule has 0 amide bonds. The van der Waals surface area contributed by atoms with Crippen molar-refractivity contribution in [3.63, 3.8) is 0 Å². The van der Waals surface area contributed by atoms with Crippen molar-refractivity contribution in [3.8, 4) is 17.2 Å². The predicted molar refractivity (Wildman–Crippen MR) is 97.6 cm³/mol. The molecule has 1 fully saturated rings. The second-order valence-electron chi connectivity index (χ2n) is 7.47.